The standard InChI is InChI=1S/C20H14Cl2N4S2/c21-13-5-1-11(2-6-13)16-15(9-23)18(25)28-17(20(16,10-24)19(26)27)12-3-7-14(22)8-4-12/h1-8,16-17H,25H2,(H2,26,27)/t16-,17+,20-/m0/s1. The van der Waals surface area contributed by atoms with Gasteiger partial charge < -0.3 is 11.5 Å². The van der Waals surface area contributed by atoms with Crippen molar-refractivity contribution in [3.05, 3.63) is 80.3 Å². The molecule has 0 radical (unpaired) electrons. The molecule has 0 saturated heterocycles. The van der Waals surface area contributed by atoms with Gasteiger partial charge in [0.1, 0.15) is 5.41 Å². The summed E-state index contributed by atoms with van der Waals surface area (Å²) in [6.45, 7) is 0. The van der Waals surface area contributed by atoms with Gasteiger partial charge in [0, 0.05) is 16.0 Å². The zero-order valence-corrected chi connectivity index (χ0v) is 17.5. The molecule has 3 atom stereocenters. The van der Waals surface area contributed by atoms with E-state index in [0.717, 1.165) is 5.56 Å². The van der Waals surface area contributed by atoms with Gasteiger partial charge in [-0.3, -0.25) is 0 Å². The summed E-state index contributed by atoms with van der Waals surface area (Å²) in [6, 6.07) is 18.5. The van der Waals surface area contributed by atoms with Crippen molar-refractivity contribution in [3.8, 4) is 12.1 Å². The third-order valence-electron chi connectivity index (χ3n) is 4.76. The normalized spacial score (nSPS) is 24.3. The van der Waals surface area contributed by atoms with Gasteiger partial charge in [-0.25, -0.2) is 0 Å². The molecule has 28 heavy (non-hydrogen) atoms. The summed E-state index contributed by atoms with van der Waals surface area (Å²) in [6.07, 6.45) is 0. The number of rotatable bonds is 3. The summed E-state index contributed by atoms with van der Waals surface area (Å²) in [5.74, 6) is -0.723. The molecule has 0 saturated carbocycles. The zero-order valence-electron chi connectivity index (χ0n) is 14.4. The Morgan fingerprint density at radius 3 is 1.93 bits per heavy atom. The maximum Gasteiger partial charge on any atom is 0.135 e. The van der Waals surface area contributed by atoms with Crippen molar-refractivity contribution < 1.29 is 0 Å². The molecule has 8 heteroatoms. The molecular weight excluding hydrogens is 431 g/mol. The molecule has 3 rings (SSSR count). The Morgan fingerprint density at radius 2 is 1.50 bits per heavy atom. The van der Waals surface area contributed by atoms with Crippen LogP contribution < -0.4 is 11.5 Å². The quantitative estimate of drug-likeness (QED) is 0.641. The number of halogens is 2. The summed E-state index contributed by atoms with van der Waals surface area (Å²) < 4.78 is 0. The Morgan fingerprint density at radius 1 is 1.00 bits per heavy atom. The van der Waals surface area contributed by atoms with E-state index in [4.69, 9.17) is 46.9 Å². The van der Waals surface area contributed by atoms with Crippen LogP contribution in [-0.4, -0.2) is 4.99 Å². The van der Waals surface area contributed by atoms with Crippen molar-refractivity contribution in [1.29, 1.82) is 10.5 Å². The van der Waals surface area contributed by atoms with Gasteiger partial charge in [0.2, 0.25) is 0 Å². The smallest absolute Gasteiger partial charge is 0.135 e. The van der Waals surface area contributed by atoms with Crippen molar-refractivity contribution >= 4 is 52.2 Å². The number of benzene rings is 2. The third kappa shape index (κ3) is 3.34. The van der Waals surface area contributed by atoms with E-state index in [9.17, 15) is 10.5 Å². The van der Waals surface area contributed by atoms with E-state index in [1.54, 1.807) is 36.4 Å². The number of nitrogens with zero attached hydrogens (tertiary/aromatic N) is 2. The minimum Gasteiger partial charge on any atom is -0.393 e. The molecule has 4 N–H and O–H groups in total. The van der Waals surface area contributed by atoms with Crippen LogP contribution in [0.4, 0.5) is 0 Å². The molecule has 0 fully saturated rings. The summed E-state index contributed by atoms with van der Waals surface area (Å²) >= 11 is 18.6. The average Bonchev–Trinajstić information content (AvgIpc) is 2.68. The van der Waals surface area contributed by atoms with Gasteiger partial charge >= 0.3 is 0 Å². The molecular formula is C20H14Cl2N4S2. The Balaban J connectivity index is 2.32. The molecule has 1 heterocycles. The second-order valence-corrected chi connectivity index (χ2v) is 8.73. The maximum atomic E-state index is 10.3. The van der Waals surface area contributed by atoms with Crippen LogP contribution in [0.3, 0.4) is 0 Å². The van der Waals surface area contributed by atoms with E-state index < -0.39 is 16.6 Å². The number of thioether (sulfide) groups is 1. The van der Waals surface area contributed by atoms with Gasteiger partial charge in [-0.1, -0.05) is 71.4 Å². The lowest BCUT2D eigenvalue weighted by Crippen LogP contribution is -2.46. The highest BCUT2D eigenvalue weighted by Gasteiger charge is 2.55. The minimum absolute atomic E-state index is 0.00245. The molecule has 0 unspecified atom stereocenters. The molecule has 0 aromatic heterocycles. The topological polar surface area (TPSA) is 99.6 Å². The molecule has 2 aromatic rings. The lowest BCUT2D eigenvalue weighted by molar-refractivity contribution is 0.462. The fourth-order valence-electron chi connectivity index (χ4n) is 3.43. The zero-order chi connectivity index (χ0) is 20.5. The molecule has 140 valence electrons. The Kier molecular flexibility index (Phi) is 5.88. The third-order valence-corrected chi connectivity index (χ3v) is 6.95. The summed E-state index contributed by atoms with van der Waals surface area (Å²) in [5.41, 5.74) is 12.8. The van der Waals surface area contributed by atoms with Gasteiger partial charge in [-0.15, -0.1) is 0 Å². The predicted octanol–water partition coefficient (Wildman–Crippen LogP) is 5.06. The first kappa shape index (κ1) is 20.5. The molecule has 0 aliphatic carbocycles. The van der Waals surface area contributed by atoms with Crippen molar-refractivity contribution in [2.24, 2.45) is 16.9 Å². The summed E-state index contributed by atoms with van der Waals surface area (Å²) in [7, 11) is 0. The highest BCUT2D eigenvalue weighted by molar-refractivity contribution is 8.03. The molecule has 1 aliphatic rings. The second-order valence-electron chi connectivity index (χ2n) is 6.27. The van der Waals surface area contributed by atoms with Crippen molar-refractivity contribution in [2.75, 3.05) is 0 Å². The number of hydrogen-bond acceptors (Lipinski definition) is 5. The van der Waals surface area contributed by atoms with Crippen molar-refractivity contribution in [1.82, 2.24) is 0 Å². The fraction of sp³-hybridized carbons (Fsp3) is 0.150. The number of hydrogen-bond donors (Lipinski definition) is 2. The van der Waals surface area contributed by atoms with Crippen LogP contribution in [-0.2, 0) is 0 Å². The lowest BCUT2D eigenvalue weighted by Gasteiger charge is -2.44. The van der Waals surface area contributed by atoms with E-state index >= 15 is 0 Å². The van der Waals surface area contributed by atoms with Crippen LogP contribution in [0.2, 0.25) is 10.0 Å². The average molecular weight is 445 g/mol. The summed E-state index contributed by atoms with van der Waals surface area (Å²) in [5, 5.41) is 21.1. The highest BCUT2D eigenvalue weighted by atomic mass is 35.5. The van der Waals surface area contributed by atoms with Crippen LogP contribution in [0.25, 0.3) is 0 Å². The predicted molar refractivity (Wildman–Crippen MR) is 118 cm³/mol. The largest absolute Gasteiger partial charge is 0.393 e. The van der Waals surface area contributed by atoms with Crippen molar-refractivity contribution in [2.45, 2.75) is 11.2 Å². The molecule has 1 aliphatic heterocycles. The molecule has 4 nitrogen and oxygen atoms in total. The van der Waals surface area contributed by atoms with Crippen LogP contribution in [0.1, 0.15) is 22.3 Å². The number of thiocarbonyl (C=S) groups is 1. The second kappa shape index (κ2) is 8.03. The number of nitriles is 2. The summed E-state index contributed by atoms with van der Waals surface area (Å²) in [4.78, 5) is 0.00245. The fourth-order valence-corrected chi connectivity index (χ4v) is 5.37. The first-order valence-electron chi connectivity index (χ1n) is 8.13. The van der Waals surface area contributed by atoms with Gasteiger partial charge in [0.25, 0.3) is 0 Å². The molecule has 0 bridgehead atoms. The highest BCUT2D eigenvalue weighted by Crippen LogP contribution is 2.60. The maximum absolute atomic E-state index is 10.3. The van der Waals surface area contributed by atoms with Crippen LogP contribution in [0, 0.1) is 28.1 Å². The molecule has 2 aromatic carbocycles. The Hall–Kier alpha value is -2.22. The Labute approximate surface area is 182 Å². The molecule has 0 amide bonds. The monoisotopic (exact) mass is 444 g/mol. The van der Waals surface area contributed by atoms with E-state index in [2.05, 4.69) is 12.1 Å². The first-order valence-corrected chi connectivity index (χ1v) is 10.2. The van der Waals surface area contributed by atoms with Gasteiger partial charge in [-0.05, 0) is 35.4 Å². The van der Waals surface area contributed by atoms with Crippen LogP contribution >= 0.6 is 47.2 Å². The van der Waals surface area contributed by atoms with E-state index in [1.165, 1.54) is 11.8 Å². The van der Waals surface area contributed by atoms with Crippen molar-refractivity contribution in [3.63, 3.8) is 0 Å². The minimum atomic E-state index is -1.37. The van der Waals surface area contributed by atoms with E-state index in [-0.39, 0.29) is 10.6 Å². The van der Waals surface area contributed by atoms with Gasteiger partial charge in [-0.2, -0.15) is 10.5 Å². The Bertz CT molecular complexity index is 1040. The van der Waals surface area contributed by atoms with E-state index in [0.29, 0.717) is 20.6 Å². The van der Waals surface area contributed by atoms with Gasteiger partial charge in [0.05, 0.1) is 33.0 Å². The van der Waals surface area contributed by atoms with Crippen LogP contribution in [0.5, 0.6) is 0 Å². The number of nitrogens with two attached hydrogens (primary N) is 2. The van der Waals surface area contributed by atoms with Crippen LogP contribution in [0.15, 0.2) is 59.1 Å². The number of allylic oxidation sites excluding steroid dienone is 1. The lowest BCUT2D eigenvalue weighted by atomic mass is 9.65. The van der Waals surface area contributed by atoms with E-state index in [1.807, 2.05) is 12.1 Å². The van der Waals surface area contributed by atoms with Gasteiger partial charge in [0.15, 0.2) is 0 Å². The SMILES string of the molecule is N#CC1=C(N)S[C@H](c2ccc(Cl)cc2)[C@@](C#N)(C(N)=S)[C@H]1c1ccc(Cl)cc1. The molecule has 0 spiro atoms. The first-order chi connectivity index (χ1) is 13.3.